The zero-order valence-corrected chi connectivity index (χ0v) is 13.6. The summed E-state index contributed by atoms with van der Waals surface area (Å²) in [4.78, 5) is 21.4. The van der Waals surface area contributed by atoms with Crippen LogP contribution in [0.25, 0.3) is 17.2 Å². The van der Waals surface area contributed by atoms with Crippen molar-refractivity contribution in [1.29, 1.82) is 0 Å². The molecule has 1 aliphatic heterocycles. The molecule has 24 heavy (non-hydrogen) atoms. The Bertz CT molecular complexity index is 990. The molecule has 1 N–H and O–H groups in total. The average Bonchev–Trinajstić information content (AvgIpc) is 3.10. The largest absolute Gasteiger partial charge is 0.441 e. The van der Waals surface area contributed by atoms with Gasteiger partial charge in [-0.3, -0.25) is 4.79 Å². The predicted octanol–water partition coefficient (Wildman–Crippen LogP) is 4.03. The normalized spacial score (nSPS) is 17.8. The number of amides is 1. The lowest BCUT2D eigenvalue weighted by Gasteiger charge is -1.95. The number of hydrogen-bond acceptors (Lipinski definition) is 5. The van der Waals surface area contributed by atoms with Gasteiger partial charge in [-0.2, -0.15) is 0 Å². The lowest BCUT2D eigenvalue weighted by molar-refractivity contribution is -0.115. The molecule has 1 fully saturated rings. The Hall–Kier alpha value is -2.86. The molecule has 5 nitrogen and oxygen atoms in total. The van der Waals surface area contributed by atoms with E-state index in [2.05, 4.69) is 15.3 Å². The van der Waals surface area contributed by atoms with Crippen molar-refractivity contribution < 1.29 is 9.21 Å². The number of benzene rings is 2. The summed E-state index contributed by atoms with van der Waals surface area (Å²) in [5.41, 5.74) is 3.21. The molecule has 1 aromatic heterocycles. The maximum absolute atomic E-state index is 12.1. The molecule has 0 unspecified atom stereocenters. The molecule has 0 bridgehead atoms. The standard InChI is InChI=1S/C18H13N3O2S/c1-11-19-14-8-7-12(9-15(14)23-11)10-16-17(22)21-18(24-16)20-13-5-3-2-4-6-13/h2-10H,1H3,(H,20,21,22)/b16-10-. The van der Waals surface area contributed by atoms with Gasteiger partial charge in [0.2, 0.25) is 0 Å². The Morgan fingerprint density at radius 3 is 2.88 bits per heavy atom. The van der Waals surface area contributed by atoms with Crippen LogP contribution in [0, 0.1) is 6.92 Å². The summed E-state index contributed by atoms with van der Waals surface area (Å²) in [5.74, 6) is 0.476. The summed E-state index contributed by atoms with van der Waals surface area (Å²) in [6.45, 7) is 1.81. The first kappa shape index (κ1) is 14.7. The fraction of sp³-hybridized carbons (Fsp3) is 0.0556. The fourth-order valence-corrected chi connectivity index (χ4v) is 3.24. The van der Waals surface area contributed by atoms with E-state index >= 15 is 0 Å². The number of carbonyl (C=O) groups is 1. The molecule has 0 aliphatic carbocycles. The van der Waals surface area contributed by atoms with Gasteiger partial charge in [0.25, 0.3) is 5.91 Å². The Balaban J connectivity index is 1.62. The van der Waals surface area contributed by atoms with Gasteiger partial charge in [-0.05, 0) is 47.7 Å². The molecular formula is C18H13N3O2S. The molecule has 3 aromatic rings. The molecule has 2 aromatic carbocycles. The highest BCUT2D eigenvalue weighted by atomic mass is 32.2. The second-order valence-electron chi connectivity index (χ2n) is 5.28. The number of nitrogens with zero attached hydrogens (tertiary/aromatic N) is 2. The quantitative estimate of drug-likeness (QED) is 0.718. The van der Waals surface area contributed by atoms with E-state index in [0.717, 1.165) is 16.8 Å². The number of amidine groups is 1. The second-order valence-corrected chi connectivity index (χ2v) is 6.31. The summed E-state index contributed by atoms with van der Waals surface area (Å²) < 4.78 is 5.53. The third-order valence-electron chi connectivity index (χ3n) is 3.45. The van der Waals surface area contributed by atoms with Gasteiger partial charge in [-0.15, -0.1) is 0 Å². The molecule has 6 heteroatoms. The van der Waals surface area contributed by atoms with Gasteiger partial charge in [0, 0.05) is 6.92 Å². The first-order valence-electron chi connectivity index (χ1n) is 7.39. The number of rotatable bonds is 2. The van der Waals surface area contributed by atoms with E-state index in [1.165, 1.54) is 11.8 Å². The van der Waals surface area contributed by atoms with Gasteiger partial charge in [-0.1, -0.05) is 24.3 Å². The van der Waals surface area contributed by atoms with E-state index in [1.807, 2.05) is 61.5 Å². The van der Waals surface area contributed by atoms with Crippen LogP contribution < -0.4 is 5.32 Å². The highest BCUT2D eigenvalue weighted by molar-refractivity contribution is 8.18. The van der Waals surface area contributed by atoms with Crippen LogP contribution in [0.2, 0.25) is 0 Å². The van der Waals surface area contributed by atoms with Gasteiger partial charge in [-0.25, -0.2) is 9.98 Å². The highest BCUT2D eigenvalue weighted by Gasteiger charge is 2.23. The minimum Gasteiger partial charge on any atom is -0.441 e. The number of aromatic nitrogens is 1. The SMILES string of the molecule is Cc1nc2ccc(/C=C3\SC(=Nc4ccccc4)NC3=O)cc2o1. The summed E-state index contributed by atoms with van der Waals surface area (Å²) >= 11 is 1.32. The number of hydrogen-bond donors (Lipinski definition) is 1. The van der Waals surface area contributed by atoms with E-state index in [-0.39, 0.29) is 5.91 Å². The third-order valence-corrected chi connectivity index (χ3v) is 4.36. The molecule has 1 amide bonds. The molecule has 0 atom stereocenters. The van der Waals surface area contributed by atoms with Crippen molar-refractivity contribution in [2.45, 2.75) is 6.92 Å². The van der Waals surface area contributed by atoms with Gasteiger partial charge in [0.15, 0.2) is 16.6 Å². The van der Waals surface area contributed by atoms with E-state index in [4.69, 9.17) is 4.42 Å². The predicted molar refractivity (Wildman–Crippen MR) is 96.0 cm³/mol. The smallest absolute Gasteiger partial charge is 0.264 e. The van der Waals surface area contributed by atoms with Crippen LogP contribution >= 0.6 is 11.8 Å². The Morgan fingerprint density at radius 2 is 2.04 bits per heavy atom. The fourth-order valence-electron chi connectivity index (χ4n) is 2.40. The zero-order valence-electron chi connectivity index (χ0n) is 12.8. The van der Waals surface area contributed by atoms with Crippen LogP contribution in [0.5, 0.6) is 0 Å². The van der Waals surface area contributed by atoms with E-state index < -0.39 is 0 Å². The van der Waals surface area contributed by atoms with Crippen molar-refractivity contribution in [1.82, 2.24) is 10.3 Å². The maximum atomic E-state index is 12.1. The molecule has 2 heterocycles. The number of oxazole rings is 1. The summed E-state index contributed by atoms with van der Waals surface area (Å²) in [6, 6.07) is 15.2. The second kappa shape index (κ2) is 5.98. The molecule has 0 radical (unpaired) electrons. The number of aryl methyl sites for hydroxylation is 1. The number of carbonyl (C=O) groups excluding carboxylic acids is 1. The van der Waals surface area contributed by atoms with Gasteiger partial charge >= 0.3 is 0 Å². The monoisotopic (exact) mass is 335 g/mol. The van der Waals surface area contributed by atoms with Gasteiger partial charge in [0.05, 0.1) is 10.6 Å². The van der Waals surface area contributed by atoms with Crippen LogP contribution in [0.1, 0.15) is 11.5 Å². The number of para-hydroxylation sites is 1. The topological polar surface area (TPSA) is 67.5 Å². The number of fused-ring (bicyclic) bond motifs is 1. The van der Waals surface area contributed by atoms with Crippen molar-refractivity contribution in [3.8, 4) is 0 Å². The maximum Gasteiger partial charge on any atom is 0.264 e. The average molecular weight is 335 g/mol. The van der Waals surface area contributed by atoms with E-state index in [1.54, 1.807) is 0 Å². The molecule has 1 saturated heterocycles. The first-order chi connectivity index (χ1) is 11.7. The molecule has 0 spiro atoms. The molecule has 0 saturated carbocycles. The lowest BCUT2D eigenvalue weighted by Crippen LogP contribution is -2.19. The third kappa shape index (κ3) is 2.96. The Labute approximate surface area is 142 Å². The van der Waals surface area contributed by atoms with Crippen LogP contribution in [-0.2, 0) is 4.79 Å². The molecule has 1 aliphatic rings. The van der Waals surface area contributed by atoms with Crippen LogP contribution in [0.4, 0.5) is 5.69 Å². The van der Waals surface area contributed by atoms with E-state index in [9.17, 15) is 4.79 Å². The summed E-state index contributed by atoms with van der Waals surface area (Å²) in [5, 5.41) is 3.36. The minimum absolute atomic E-state index is 0.150. The number of aliphatic imine (C=N–C) groups is 1. The van der Waals surface area contributed by atoms with Crippen molar-refractivity contribution >= 4 is 45.7 Å². The van der Waals surface area contributed by atoms with Crippen LogP contribution in [0.3, 0.4) is 0 Å². The number of nitrogens with one attached hydrogen (secondary N) is 1. The van der Waals surface area contributed by atoms with Crippen molar-refractivity contribution in [3.63, 3.8) is 0 Å². The van der Waals surface area contributed by atoms with Crippen molar-refractivity contribution in [2.24, 2.45) is 4.99 Å². The number of thioether (sulfide) groups is 1. The molecular weight excluding hydrogens is 322 g/mol. The van der Waals surface area contributed by atoms with Gasteiger partial charge in [0.1, 0.15) is 5.52 Å². The van der Waals surface area contributed by atoms with Gasteiger partial charge < -0.3 is 9.73 Å². The summed E-state index contributed by atoms with van der Waals surface area (Å²) in [6.07, 6.45) is 1.82. The van der Waals surface area contributed by atoms with Crippen LogP contribution in [-0.4, -0.2) is 16.1 Å². The molecule has 118 valence electrons. The minimum atomic E-state index is -0.150. The Kier molecular flexibility index (Phi) is 3.66. The van der Waals surface area contributed by atoms with Crippen LogP contribution in [0.15, 0.2) is 62.8 Å². The summed E-state index contributed by atoms with van der Waals surface area (Å²) in [7, 11) is 0. The zero-order chi connectivity index (χ0) is 16.5. The van der Waals surface area contributed by atoms with Crippen molar-refractivity contribution in [2.75, 3.05) is 0 Å². The van der Waals surface area contributed by atoms with E-state index in [0.29, 0.717) is 21.5 Å². The molecule has 4 rings (SSSR count). The van der Waals surface area contributed by atoms with Crippen molar-refractivity contribution in [3.05, 3.63) is 64.9 Å². The highest BCUT2D eigenvalue weighted by Crippen LogP contribution is 2.28. The lowest BCUT2D eigenvalue weighted by atomic mass is 10.2. The Morgan fingerprint density at radius 1 is 1.21 bits per heavy atom. The first-order valence-corrected chi connectivity index (χ1v) is 8.21.